The first-order valence-electron chi connectivity index (χ1n) is 8.49. The highest BCUT2D eigenvalue weighted by Crippen LogP contribution is 2.45. The molecule has 5 rings (SSSR count). The molecule has 0 N–H and O–H groups in total. The minimum Gasteiger partial charge on any atom is -0.452 e. The van der Waals surface area contributed by atoms with Crippen molar-refractivity contribution in [2.24, 2.45) is 0 Å². The van der Waals surface area contributed by atoms with Crippen molar-refractivity contribution in [1.29, 1.82) is 0 Å². The van der Waals surface area contributed by atoms with Crippen LogP contribution in [0.2, 0.25) is 0 Å². The van der Waals surface area contributed by atoms with E-state index in [9.17, 15) is 4.57 Å². The second-order valence-corrected chi connectivity index (χ2v) is 9.86. The summed E-state index contributed by atoms with van der Waals surface area (Å²) in [4.78, 5) is 0. The molecule has 132 valence electrons. The Morgan fingerprint density at radius 2 is 1.15 bits per heavy atom. The lowest BCUT2D eigenvalue weighted by Gasteiger charge is -2.14. The lowest BCUT2D eigenvalue weighted by Crippen LogP contribution is -2.23. The van der Waals surface area contributed by atoms with Gasteiger partial charge >= 0.3 is 0 Å². The molecule has 5 aromatic rings. The van der Waals surface area contributed by atoms with Gasteiger partial charge in [0.15, 0.2) is 11.0 Å². The quantitative estimate of drug-likeness (QED) is 0.346. The number of para-hydroxylation sites is 2. The topological polar surface area (TPSA) is 43.4 Å². The Bertz CT molecular complexity index is 1170. The molecule has 3 nitrogen and oxygen atoms in total. The number of benzene rings is 3. The lowest BCUT2D eigenvalue weighted by atomic mass is 10.3. The van der Waals surface area contributed by atoms with E-state index in [1.165, 1.54) is 0 Å². The predicted octanol–water partition coefficient (Wildman–Crippen LogP) is 5.58. The van der Waals surface area contributed by atoms with Gasteiger partial charge in [-0.25, -0.2) is 0 Å². The zero-order chi connectivity index (χ0) is 18.4. The van der Waals surface area contributed by atoms with Gasteiger partial charge in [-0.3, -0.25) is 0 Å². The molecule has 0 aliphatic heterocycles. The predicted molar refractivity (Wildman–Crippen MR) is 113 cm³/mol. The second kappa shape index (κ2) is 6.26. The second-order valence-electron chi connectivity index (χ2n) is 6.33. The van der Waals surface area contributed by atoms with Crippen molar-refractivity contribution in [2.75, 3.05) is 0 Å². The van der Waals surface area contributed by atoms with Gasteiger partial charge < -0.3 is 13.4 Å². The van der Waals surface area contributed by atoms with Crippen LogP contribution in [0.5, 0.6) is 0 Å². The van der Waals surface area contributed by atoms with Crippen molar-refractivity contribution in [3.05, 3.63) is 89.4 Å². The highest BCUT2D eigenvalue weighted by Gasteiger charge is 2.37. The molecule has 0 unspecified atom stereocenters. The Morgan fingerprint density at radius 1 is 0.667 bits per heavy atom. The largest absolute Gasteiger partial charge is 0.452 e. The first kappa shape index (κ1) is 16.6. The van der Waals surface area contributed by atoms with E-state index in [-0.39, 0.29) is 0 Å². The van der Waals surface area contributed by atoms with Gasteiger partial charge in [-0.1, -0.05) is 52.3 Å². The van der Waals surface area contributed by atoms with Crippen LogP contribution in [-0.2, 0) is 4.57 Å². The molecule has 27 heavy (non-hydrogen) atoms. The van der Waals surface area contributed by atoms with Gasteiger partial charge in [-0.2, -0.15) is 0 Å². The van der Waals surface area contributed by atoms with Crippen molar-refractivity contribution >= 4 is 61.3 Å². The smallest absolute Gasteiger partial charge is 0.238 e. The zero-order valence-corrected chi connectivity index (χ0v) is 16.6. The van der Waals surface area contributed by atoms with Crippen molar-refractivity contribution in [3.63, 3.8) is 0 Å². The molecule has 2 heterocycles. The maximum absolute atomic E-state index is 14.5. The molecular weight excluding hydrogens is 423 g/mol. The Hall–Kier alpha value is -2.55. The number of rotatable bonds is 3. The molecular formula is C22H14BrO3P. The maximum Gasteiger partial charge on any atom is 0.238 e. The average molecular weight is 437 g/mol. The van der Waals surface area contributed by atoms with Crippen LogP contribution in [-0.4, -0.2) is 0 Å². The maximum atomic E-state index is 14.5. The van der Waals surface area contributed by atoms with Crippen LogP contribution in [0.1, 0.15) is 0 Å². The first-order chi connectivity index (χ1) is 13.1. The van der Waals surface area contributed by atoms with Crippen LogP contribution in [0.15, 0.2) is 98.2 Å². The molecule has 0 spiro atoms. The highest BCUT2D eigenvalue weighted by molar-refractivity contribution is 9.10. The molecule has 0 amide bonds. The number of hydrogen-bond donors (Lipinski definition) is 0. The Kier molecular flexibility index (Phi) is 3.85. The summed E-state index contributed by atoms with van der Waals surface area (Å²) in [5.41, 5.74) is 2.26. The SMILES string of the molecule is O=P(c1ccc(Br)cc1)(c1cc2ccccc2o1)c1cc2ccccc2o1. The standard InChI is InChI=1S/C22H14BrO3P/c23-17-9-11-18(12-10-17)27(24,21-13-15-5-1-3-7-19(15)25-21)22-14-16-6-2-4-8-20(16)26-22/h1-14H. The normalized spacial score (nSPS) is 12.0. The van der Waals surface area contributed by atoms with Gasteiger partial charge in [-0.05, 0) is 48.5 Å². The van der Waals surface area contributed by atoms with Crippen molar-refractivity contribution in [2.45, 2.75) is 0 Å². The summed E-state index contributed by atoms with van der Waals surface area (Å²) < 4.78 is 27.5. The lowest BCUT2D eigenvalue weighted by molar-refractivity contribution is 0.569. The first-order valence-corrected chi connectivity index (χ1v) is 11.0. The Morgan fingerprint density at radius 3 is 1.63 bits per heavy atom. The van der Waals surface area contributed by atoms with Gasteiger partial charge in [0.1, 0.15) is 11.2 Å². The van der Waals surface area contributed by atoms with Gasteiger partial charge in [0.2, 0.25) is 7.14 Å². The molecule has 5 heteroatoms. The number of furan rings is 2. The van der Waals surface area contributed by atoms with Gasteiger partial charge in [0.25, 0.3) is 0 Å². The fraction of sp³-hybridized carbons (Fsp3) is 0. The summed E-state index contributed by atoms with van der Waals surface area (Å²) in [6, 6.07) is 26.5. The number of halogens is 1. The minimum absolute atomic E-state index is 0.421. The third-order valence-corrected chi connectivity index (χ3v) is 7.87. The molecule has 0 aliphatic rings. The van der Waals surface area contributed by atoms with Crippen LogP contribution < -0.4 is 16.3 Å². The van der Waals surface area contributed by atoms with Crippen molar-refractivity contribution in [1.82, 2.24) is 0 Å². The van der Waals surface area contributed by atoms with Gasteiger partial charge in [-0.15, -0.1) is 0 Å². The molecule has 0 saturated heterocycles. The molecule has 0 atom stereocenters. The molecule has 0 saturated carbocycles. The van der Waals surface area contributed by atoms with E-state index in [2.05, 4.69) is 15.9 Å². The molecule has 2 aromatic heterocycles. The molecule has 0 aliphatic carbocycles. The summed E-state index contributed by atoms with van der Waals surface area (Å²) in [6.45, 7) is 0. The van der Waals surface area contributed by atoms with Crippen LogP contribution in [0.3, 0.4) is 0 Å². The Labute approximate surface area is 164 Å². The fourth-order valence-corrected chi connectivity index (χ4v) is 5.92. The molecule has 0 fully saturated rings. The average Bonchev–Trinajstić information content (AvgIpc) is 3.32. The van der Waals surface area contributed by atoms with E-state index >= 15 is 0 Å². The third-order valence-electron chi connectivity index (χ3n) is 4.64. The van der Waals surface area contributed by atoms with E-state index in [1.54, 1.807) is 0 Å². The summed E-state index contributed by atoms with van der Waals surface area (Å²) >= 11 is 3.44. The van der Waals surface area contributed by atoms with Crippen LogP contribution in [0, 0.1) is 0 Å². The monoisotopic (exact) mass is 436 g/mol. The van der Waals surface area contributed by atoms with E-state index in [1.807, 2.05) is 84.9 Å². The van der Waals surface area contributed by atoms with Gasteiger partial charge in [0, 0.05) is 20.5 Å². The number of fused-ring (bicyclic) bond motifs is 2. The Balaban J connectivity index is 1.81. The van der Waals surface area contributed by atoms with Gasteiger partial charge in [0.05, 0.1) is 0 Å². The minimum atomic E-state index is -3.30. The van der Waals surface area contributed by atoms with Crippen LogP contribution >= 0.6 is 23.1 Å². The summed E-state index contributed by atoms with van der Waals surface area (Å²) in [5, 5.41) is 2.51. The zero-order valence-electron chi connectivity index (χ0n) is 14.1. The summed E-state index contributed by atoms with van der Waals surface area (Å²) in [6.07, 6.45) is 0. The third kappa shape index (κ3) is 2.68. The fourth-order valence-electron chi connectivity index (χ4n) is 3.26. The molecule has 0 radical (unpaired) electrons. The molecule has 0 bridgehead atoms. The van der Waals surface area contributed by atoms with Crippen LogP contribution in [0.25, 0.3) is 21.9 Å². The summed E-state index contributed by atoms with van der Waals surface area (Å²) in [5.74, 6) is 0. The van der Waals surface area contributed by atoms with Crippen LogP contribution in [0.4, 0.5) is 0 Å². The summed E-state index contributed by atoms with van der Waals surface area (Å²) in [7, 11) is -3.30. The van der Waals surface area contributed by atoms with E-state index < -0.39 is 7.14 Å². The highest BCUT2D eigenvalue weighted by atomic mass is 79.9. The molecule has 3 aromatic carbocycles. The van der Waals surface area contributed by atoms with Crippen molar-refractivity contribution in [3.8, 4) is 0 Å². The van der Waals surface area contributed by atoms with E-state index in [4.69, 9.17) is 8.83 Å². The number of hydrogen-bond acceptors (Lipinski definition) is 3. The van der Waals surface area contributed by atoms with Crippen molar-refractivity contribution < 1.29 is 13.4 Å². The van der Waals surface area contributed by atoms with E-state index in [0.717, 1.165) is 15.2 Å². The van der Waals surface area contributed by atoms with E-state index in [0.29, 0.717) is 27.5 Å².